The zero-order valence-corrected chi connectivity index (χ0v) is 20.6. The van der Waals surface area contributed by atoms with Crippen molar-refractivity contribution >= 4 is 46.8 Å². The molecule has 0 heterocycles. The lowest BCUT2D eigenvalue weighted by molar-refractivity contribution is -0.140. The van der Waals surface area contributed by atoms with Crippen LogP contribution >= 0.6 is 35.0 Å². The van der Waals surface area contributed by atoms with Gasteiger partial charge in [0.2, 0.25) is 11.8 Å². The van der Waals surface area contributed by atoms with Crippen LogP contribution in [0.3, 0.4) is 0 Å². The Morgan fingerprint density at radius 3 is 2.39 bits per heavy atom. The van der Waals surface area contributed by atoms with Crippen molar-refractivity contribution in [1.29, 1.82) is 0 Å². The fourth-order valence-electron chi connectivity index (χ4n) is 2.95. The summed E-state index contributed by atoms with van der Waals surface area (Å²) in [6.07, 6.45) is 1.10. The molecule has 0 bridgehead atoms. The van der Waals surface area contributed by atoms with Crippen molar-refractivity contribution in [2.45, 2.75) is 51.1 Å². The smallest absolute Gasteiger partial charge is 0.242 e. The van der Waals surface area contributed by atoms with Gasteiger partial charge >= 0.3 is 0 Å². The Kier molecular flexibility index (Phi) is 10.7. The minimum absolute atomic E-state index is 0.0381. The number of hydrogen-bond donors (Lipinski definition) is 1. The Balaban J connectivity index is 1.98. The molecule has 0 saturated carbocycles. The number of rotatable bonds is 11. The van der Waals surface area contributed by atoms with E-state index >= 15 is 0 Å². The molecule has 0 fully saturated rings. The van der Waals surface area contributed by atoms with E-state index in [-0.39, 0.29) is 11.8 Å². The number of carbonyl (C=O) groups excluding carboxylic acids is 2. The monoisotopic (exact) mass is 480 g/mol. The second-order valence-electron chi connectivity index (χ2n) is 7.87. The molecule has 0 unspecified atom stereocenters. The molecule has 7 heteroatoms. The van der Waals surface area contributed by atoms with Gasteiger partial charge in [-0.05, 0) is 67.0 Å². The van der Waals surface area contributed by atoms with E-state index in [2.05, 4.69) is 5.32 Å². The molecular formula is C24H30Cl2N2O2S. The molecule has 2 amide bonds. The Morgan fingerprint density at radius 1 is 1.03 bits per heavy atom. The summed E-state index contributed by atoms with van der Waals surface area (Å²) in [5.41, 5.74) is 0.903. The SMILES string of the molecule is CC(C)CNC(=O)[C@@H](C)N(Cc1cccc(Cl)c1)C(=O)CCCSc1ccc(Cl)cc1. The molecule has 2 rings (SSSR count). The van der Waals surface area contributed by atoms with Crippen molar-refractivity contribution in [3.8, 4) is 0 Å². The standard InChI is InChI=1S/C24H30Cl2N2O2S/c1-17(2)15-27-24(30)18(3)28(16-19-6-4-7-21(26)14-19)23(29)8-5-13-31-22-11-9-20(25)10-12-22/h4,6-7,9-12,14,17-18H,5,8,13,15-16H2,1-3H3,(H,27,30)/t18-/m1/s1. The van der Waals surface area contributed by atoms with E-state index in [9.17, 15) is 9.59 Å². The summed E-state index contributed by atoms with van der Waals surface area (Å²) >= 11 is 13.7. The summed E-state index contributed by atoms with van der Waals surface area (Å²) in [4.78, 5) is 28.5. The zero-order chi connectivity index (χ0) is 22.8. The minimum Gasteiger partial charge on any atom is -0.354 e. The molecule has 0 saturated heterocycles. The van der Waals surface area contributed by atoms with E-state index in [1.165, 1.54) is 0 Å². The van der Waals surface area contributed by atoms with Crippen molar-refractivity contribution in [1.82, 2.24) is 10.2 Å². The number of carbonyl (C=O) groups is 2. The second-order valence-corrected chi connectivity index (χ2v) is 9.91. The highest BCUT2D eigenvalue weighted by atomic mass is 35.5. The number of benzene rings is 2. The van der Waals surface area contributed by atoms with Crippen molar-refractivity contribution in [2.75, 3.05) is 12.3 Å². The van der Waals surface area contributed by atoms with E-state index in [1.54, 1.807) is 29.7 Å². The summed E-state index contributed by atoms with van der Waals surface area (Å²) in [6.45, 7) is 6.79. The summed E-state index contributed by atoms with van der Waals surface area (Å²) in [5.74, 6) is 0.980. The maximum atomic E-state index is 13.1. The number of halogens is 2. The predicted molar refractivity (Wildman–Crippen MR) is 131 cm³/mol. The van der Waals surface area contributed by atoms with Crippen molar-refractivity contribution in [3.05, 3.63) is 64.1 Å². The summed E-state index contributed by atoms with van der Waals surface area (Å²) in [6, 6.07) is 14.5. The van der Waals surface area contributed by atoms with Crippen LogP contribution < -0.4 is 5.32 Å². The van der Waals surface area contributed by atoms with Gasteiger partial charge in [-0.3, -0.25) is 9.59 Å². The number of thioether (sulfide) groups is 1. The third-order valence-electron chi connectivity index (χ3n) is 4.71. The van der Waals surface area contributed by atoms with Crippen LogP contribution in [0.15, 0.2) is 53.4 Å². The highest BCUT2D eigenvalue weighted by molar-refractivity contribution is 7.99. The second kappa shape index (κ2) is 13.0. The van der Waals surface area contributed by atoms with Gasteiger partial charge in [-0.2, -0.15) is 0 Å². The average Bonchev–Trinajstić information content (AvgIpc) is 2.74. The van der Waals surface area contributed by atoms with Gasteiger partial charge in [0.15, 0.2) is 0 Å². The molecule has 1 atom stereocenters. The van der Waals surface area contributed by atoms with Gasteiger partial charge in [0.25, 0.3) is 0 Å². The van der Waals surface area contributed by atoms with Gasteiger partial charge < -0.3 is 10.2 Å². The van der Waals surface area contributed by atoms with Crippen molar-refractivity contribution in [3.63, 3.8) is 0 Å². The molecule has 0 radical (unpaired) electrons. The van der Waals surface area contributed by atoms with Gasteiger partial charge in [0.1, 0.15) is 6.04 Å². The lowest BCUT2D eigenvalue weighted by Gasteiger charge is -2.29. The fourth-order valence-corrected chi connectivity index (χ4v) is 4.15. The molecule has 168 valence electrons. The van der Waals surface area contributed by atoms with Crippen molar-refractivity contribution in [2.24, 2.45) is 5.92 Å². The Hall–Kier alpha value is -1.69. The predicted octanol–water partition coefficient (Wildman–Crippen LogP) is 6.06. The molecule has 0 aromatic heterocycles. The van der Waals surface area contributed by atoms with Crippen LogP contribution in [0.1, 0.15) is 39.2 Å². The summed E-state index contributed by atoms with van der Waals surface area (Å²) in [7, 11) is 0. The van der Waals surface area contributed by atoms with Gasteiger partial charge in [-0.15, -0.1) is 11.8 Å². The van der Waals surface area contributed by atoms with Crippen LogP contribution in [0.2, 0.25) is 10.0 Å². The molecule has 31 heavy (non-hydrogen) atoms. The van der Waals surface area contributed by atoms with Crippen LogP contribution in [0.4, 0.5) is 0 Å². The molecule has 0 aliphatic heterocycles. The van der Waals surface area contributed by atoms with E-state index in [0.29, 0.717) is 35.5 Å². The topological polar surface area (TPSA) is 49.4 Å². The molecule has 4 nitrogen and oxygen atoms in total. The van der Waals surface area contributed by atoms with Crippen molar-refractivity contribution < 1.29 is 9.59 Å². The van der Waals surface area contributed by atoms with E-state index in [4.69, 9.17) is 23.2 Å². The van der Waals surface area contributed by atoms with Crippen LogP contribution in [-0.4, -0.2) is 35.1 Å². The maximum Gasteiger partial charge on any atom is 0.242 e. The molecule has 1 N–H and O–H groups in total. The number of hydrogen-bond acceptors (Lipinski definition) is 3. The van der Waals surface area contributed by atoms with E-state index < -0.39 is 6.04 Å². The molecule has 0 aliphatic rings. The lowest BCUT2D eigenvalue weighted by atomic mass is 10.1. The summed E-state index contributed by atoms with van der Waals surface area (Å²) < 4.78 is 0. The molecule has 0 spiro atoms. The van der Waals surface area contributed by atoms with E-state index in [1.807, 2.05) is 56.3 Å². The maximum absolute atomic E-state index is 13.1. The van der Waals surface area contributed by atoms with Gasteiger partial charge in [0.05, 0.1) is 0 Å². The number of amides is 2. The van der Waals surface area contributed by atoms with Gasteiger partial charge in [-0.1, -0.05) is 49.2 Å². The highest BCUT2D eigenvalue weighted by Crippen LogP contribution is 2.22. The average molecular weight is 481 g/mol. The highest BCUT2D eigenvalue weighted by Gasteiger charge is 2.25. The van der Waals surface area contributed by atoms with Crippen LogP contribution in [0.25, 0.3) is 0 Å². The van der Waals surface area contributed by atoms with Crippen LogP contribution in [0, 0.1) is 5.92 Å². The Bertz CT molecular complexity index is 859. The van der Waals surface area contributed by atoms with Crippen LogP contribution in [-0.2, 0) is 16.1 Å². The first kappa shape index (κ1) is 25.6. The van der Waals surface area contributed by atoms with Gasteiger partial charge in [-0.25, -0.2) is 0 Å². The third-order valence-corrected chi connectivity index (χ3v) is 6.30. The molecule has 2 aromatic rings. The quantitative estimate of drug-likeness (QED) is 0.314. The first-order valence-corrected chi connectivity index (χ1v) is 12.2. The Morgan fingerprint density at radius 2 is 1.74 bits per heavy atom. The number of nitrogens with one attached hydrogen (secondary N) is 1. The summed E-state index contributed by atoms with van der Waals surface area (Å²) in [5, 5.41) is 4.26. The molecule has 2 aromatic carbocycles. The first-order chi connectivity index (χ1) is 14.8. The van der Waals surface area contributed by atoms with E-state index in [0.717, 1.165) is 22.6 Å². The molecular weight excluding hydrogens is 451 g/mol. The minimum atomic E-state index is -0.561. The van der Waals surface area contributed by atoms with Gasteiger partial charge in [0, 0.05) is 34.5 Å². The zero-order valence-electron chi connectivity index (χ0n) is 18.2. The fraction of sp³-hybridized carbons (Fsp3) is 0.417. The largest absolute Gasteiger partial charge is 0.354 e. The normalized spacial score (nSPS) is 11.9. The first-order valence-electron chi connectivity index (χ1n) is 10.5. The lowest BCUT2D eigenvalue weighted by Crippen LogP contribution is -2.48. The van der Waals surface area contributed by atoms with Crippen LogP contribution in [0.5, 0.6) is 0 Å². The Labute approximate surface area is 199 Å². The third kappa shape index (κ3) is 9.14. The number of nitrogens with zero attached hydrogens (tertiary/aromatic N) is 1. The molecule has 0 aliphatic carbocycles.